The molecule has 0 saturated carbocycles. The first-order valence-corrected chi connectivity index (χ1v) is 8.19. The Morgan fingerprint density at radius 1 is 1.33 bits per heavy atom. The molecule has 1 aliphatic rings. The molecule has 21 heavy (non-hydrogen) atoms. The Morgan fingerprint density at radius 3 is 2.86 bits per heavy atom. The molecule has 2 aromatic rings. The quantitative estimate of drug-likeness (QED) is 0.672. The maximum Gasteiger partial charge on any atom is 0.249 e. The molecule has 7 heteroatoms. The van der Waals surface area contributed by atoms with Crippen molar-refractivity contribution in [1.82, 2.24) is 4.31 Å². The van der Waals surface area contributed by atoms with Gasteiger partial charge >= 0.3 is 0 Å². The predicted octanol–water partition coefficient (Wildman–Crippen LogP) is 3.60. The zero-order chi connectivity index (χ0) is 15.0. The van der Waals surface area contributed by atoms with Gasteiger partial charge in [-0.3, -0.25) is 13.9 Å². The average Bonchev–Trinajstić information content (AvgIpc) is 2.90. The molecule has 0 aliphatic carbocycles. The standard InChI is InChI=1S/C14H11ClN2O2S2/c1-17-13(19)11(8-6-7-20-14(8)21-17)12(18)16-10-5-3-2-4-9(10)15/h2-7,11H,1H3,(H,16,18). The second-order valence-corrected chi connectivity index (χ2v) is 7.21. The van der Waals surface area contributed by atoms with E-state index in [1.54, 1.807) is 31.3 Å². The van der Waals surface area contributed by atoms with Crippen LogP contribution in [0.25, 0.3) is 0 Å². The van der Waals surface area contributed by atoms with Crippen molar-refractivity contribution in [2.45, 2.75) is 10.1 Å². The maximum absolute atomic E-state index is 12.5. The summed E-state index contributed by atoms with van der Waals surface area (Å²) in [7, 11) is 1.67. The van der Waals surface area contributed by atoms with Gasteiger partial charge in [0.05, 0.1) is 14.9 Å². The number of nitrogens with zero attached hydrogens (tertiary/aromatic N) is 1. The predicted molar refractivity (Wildman–Crippen MR) is 85.8 cm³/mol. The van der Waals surface area contributed by atoms with E-state index in [0.29, 0.717) is 10.7 Å². The third kappa shape index (κ3) is 2.66. The highest BCUT2D eigenvalue weighted by molar-refractivity contribution is 7.99. The van der Waals surface area contributed by atoms with Gasteiger partial charge in [0, 0.05) is 24.6 Å². The van der Waals surface area contributed by atoms with Gasteiger partial charge in [-0.25, -0.2) is 0 Å². The zero-order valence-electron chi connectivity index (χ0n) is 11.0. The second-order valence-electron chi connectivity index (χ2n) is 4.49. The van der Waals surface area contributed by atoms with E-state index < -0.39 is 5.92 Å². The summed E-state index contributed by atoms with van der Waals surface area (Å²) in [5.41, 5.74) is 1.27. The van der Waals surface area contributed by atoms with Crippen LogP contribution in [0, 0.1) is 0 Å². The average molecular weight is 339 g/mol. The highest BCUT2D eigenvalue weighted by atomic mass is 35.5. The SMILES string of the molecule is CN1Sc2sccc2C(C(=O)Nc2ccccc2Cl)C1=O. The normalized spacial score (nSPS) is 17.5. The molecule has 1 atom stereocenters. The first-order valence-electron chi connectivity index (χ1n) is 6.16. The number of hydrogen-bond acceptors (Lipinski definition) is 4. The number of anilines is 1. The van der Waals surface area contributed by atoms with Crippen molar-refractivity contribution in [3.63, 3.8) is 0 Å². The first kappa shape index (κ1) is 14.4. The number of thiophene rings is 1. The number of carbonyl (C=O) groups is 2. The molecular weight excluding hydrogens is 328 g/mol. The van der Waals surface area contributed by atoms with Gasteiger partial charge in [-0.2, -0.15) is 0 Å². The Morgan fingerprint density at radius 2 is 2.10 bits per heavy atom. The topological polar surface area (TPSA) is 49.4 Å². The summed E-state index contributed by atoms with van der Waals surface area (Å²) < 4.78 is 2.46. The lowest BCUT2D eigenvalue weighted by atomic mass is 10.00. The van der Waals surface area contributed by atoms with E-state index in [9.17, 15) is 9.59 Å². The highest BCUT2D eigenvalue weighted by Crippen LogP contribution is 2.42. The molecule has 1 unspecified atom stereocenters. The fraction of sp³-hybridized carbons (Fsp3) is 0.143. The van der Waals surface area contributed by atoms with Gasteiger partial charge in [0.25, 0.3) is 0 Å². The van der Waals surface area contributed by atoms with E-state index in [0.717, 1.165) is 9.77 Å². The Kier molecular flexibility index (Phi) is 3.93. The number of likely N-dealkylation sites (N-methyl/N-ethyl adjacent to an activating group) is 1. The highest BCUT2D eigenvalue weighted by Gasteiger charge is 2.38. The molecule has 3 rings (SSSR count). The molecule has 0 spiro atoms. The van der Waals surface area contributed by atoms with Crippen LogP contribution < -0.4 is 5.32 Å². The third-order valence-corrected chi connectivity index (χ3v) is 5.56. The van der Waals surface area contributed by atoms with E-state index >= 15 is 0 Å². The van der Waals surface area contributed by atoms with Gasteiger partial charge in [-0.05, 0) is 23.6 Å². The van der Waals surface area contributed by atoms with E-state index in [2.05, 4.69) is 5.32 Å². The fourth-order valence-electron chi connectivity index (χ4n) is 2.10. The molecule has 1 aliphatic heterocycles. The Labute approximate surface area is 135 Å². The number of rotatable bonds is 2. The summed E-state index contributed by atoms with van der Waals surface area (Å²) in [4.78, 5) is 24.8. The molecule has 1 aromatic carbocycles. The lowest BCUT2D eigenvalue weighted by molar-refractivity contribution is -0.132. The molecule has 2 heterocycles. The van der Waals surface area contributed by atoms with Gasteiger partial charge in [-0.15, -0.1) is 11.3 Å². The summed E-state index contributed by atoms with van der Waals surface area (Å²) in [6, 6.07) is 8.79. The molecule has 0 fully saturated rings. The summed E-state index contributed by atoms with van der Waals surface area (Å²) >= 11 is 8.92. The van der Waals surface area contributed by atoms with E-state index in [1.165, 1.54) is 27.6 Å². The van der Waals surface area contributed by atoms with Crippen LogP contribution in [0.5, 0.6) is 0 Å². The number of hydrogen-bond donors (Lipinski definition) is 1. The van der Waals surface area contributed by atoms with Gasteiger partial charge in [-0.1, -0.05) is 23.7 Å². The number of carbonyl (C=O) groups excluding carboxylic acids is 2. The lowest BCUT2D eigenvalue weighted by Gasteiger charge is -2.27. The minimum absolute atomic E-state index is 0.226. The van der Waals surface area contributed by atoms with Crippen molar-refractivity contribution in [1.29, 1.82) is 0 Å². The largest absolute Gasteiger partial charge is 0.324 e. The second kappa shape index (κ2) is 5.71. The fourth-order valence-corrected chi connectivity index (χ4v) is 4.35. The zero-order valence-corrected chi connectivity index (χ0v) is 13.4. The van der Waals surface area contributed by atoms with Crippen molar-refractivity contribution in [2.24, 2.45) is 0 Å². The van der Waals surface area contributed by atoms with Crippen LogP contribution >= 0.6 is 34.9 Å². The van der Waals surface area contributed by atoms with E-state index in [-0.39, 0.29) is 11.8 Å². The number of fused-ring (bicyclic) bond motifs is 1. The summed E-state index contributed by atoms with van der Waals surface area (Å²) in [5, 5.41) is 5.07. The maximum atomic E-state index is 12.5. The number of halogens is 1. The van der Waals surface area contributed by atoms with Gasteiger partial charge in [0.1, 0.15) is 5.92 Å². The van der Waals surface area contributed by atoms with Crippen LogP contribution in [0.4, 0.5) is 5.69 Å². The van der Waals surface area contributed by atoms with Crippen molar-refractivity contribution in [3.8, 4) is 0 Å². The van der Waals surface area contributed by atoms with Crippen LogP contribution in [0.3, 0.4) is 0 Å². The molecule has 1 aromatic heterocycles. The number of para-hydroxylation sites is 1. The third-order valence-electron chi connectivity index (χ3n) is 3.14. The molecule has 2 amide bonds. The summed E-state index contributed by atoms with van der Waals surface area (Å²) in [6.45, 7) is 0. The Balaban J connectivity index is 1.91. The van der Waals surface area contributed by atoms with Crippen LogP contribution in [0.2, 0.25) is 5.02 Å². The minimum Gasteiger partial charge on any atom is -0.324 e. The molecule has 0 radical (unpaired) electrons. The van der Waals surface area contributed by atoms with E-state index in [4.69, 9.17) is 11.6 Å². The van der Waals surface area contributed by atoms with Crippen LogP contribution in [-0.2, 0) is 9.59 Å². The van der Waals surface area contributed by atoms with Crippen molar-refractivity contribution in [3.05, 3.63) is 46.3 Å². The van der Waals surface area contributed by atoms with Crippen LogP contribution in [-0.4, -0.2) is 23.2 Å². The van der Waals surface area contributed by atoms with Crippen molar-refractivity contribution in [2.75, 3.05) is 12.4 Å². The number of benzene rings is 1. The van der Waals surface area contributed by atoms with Gasteiger partial charge in [0.2, 0.25) is 11.8 Å². The van der Waals surface area contributed by atoms with Crippen molar-refractivity contribution < 1.29 is 9.59 Å². The number of nitrogens with one attached hydrogen (secondary N) is 1. The van der Waals surface area contributed by atoms with Gasteiger partial charge < -0.3 is 5.32 Å². The van der Waals surface area contributed by atoms with Crippen LogP contribution in [0.15, 0.2) is 39.9 Å². The number of amides is 2. The smallest absolute Gasteiger partial charge is 0.249 e. The Hall–Kier alpha value is -1.50. The molecule has 0 bridgehead atoms. The van der Waals surface area contributed by atoms with Gasteiger partial charge in [0.15, 0.2) is 0 Å². The minimum atomic E-state index is -0.825. The lowest BCUT2D eigenvalue weighted by Crippen LogP contribution is -2.37. The molecule has 0 saturated heterocycles. The Bertz CT molecular complexity index is 717. The summed E-state index contributed by atoms with van der Waals surface area (Å²) in [6.07, 6.45) is 0. The molecule has 4 nitrogen and oxygen atoms in total. The molecular formula is C14H11ClN2O2S2. The van der Waals surface area contributed by atoms with E-state index in [1.807, 2.05) is 11.4 Å². The molecule has 1 N–H and O–H groups in total. The van der Waals surface area contributed by atoms with Crippen LogP contribution in [0.1, 0.15) is 11.5 Å². The summed E-state index contributed by atoms with van der Waals surface area (Å²) in [5.74, 6) is -1.41. The van der Waals surface area contributed by atoms with Crippen molar-refractivity contribution >= 4 is 52.4 Å². The molecule has 108 valence electrons. The monoisotopic (exact) mass is 338 g/mol. The first-order chi connectivity index (χ1) is 10.1.